The van der Waals surface area contributed by atoms with Crippen molar-refractivity contribution in [3.05, 3.63) is 29.3 Å². The van der Waals surface area contributed by atoms with Gasteiger partial charge >= 0.3 is 0 Å². The maximum atomic E-state index is 9.04. The number of aryl methyl sites for hydroxylation is 1. The van der Waals surface area contributed by atoms with E-state index in [0.717, 1.165) is 25.1 Å². The molecular weight excluding hydrogens is 250 g/mol. The van der Waals surface area contributed by atoms with Crippen LogP contribution < -0.4 is 10.1 Å². The van der Waals surface area contributed by atoms with E-state index in [1.165, 1.54) is 30.4 Å². The lowest BCUT2D eigenvalue weighted by Gasteiger charge is -2.27. The van der Waals surface area contributed by atoms with E-state index in [2.05, 4.69) is 30.4 Å². The molecule has 0 saturated heterocycles. The van der Waals surface area contributed by atoms with Crippen molar-refractivity contribution >= 4 is 0 Å². The summed E-state index contributed by atoms with van der Waals surface area (Å²) in [6.07, 6.45) is 5.84. The van der Waals surface area contributed by atoms with E-state index < -0.39 is 0 Å². The first-order valence-electron chi connectivity index (χ1n) is 7.75. The van der Waals surface area contributed by atoms with Gasteiger partial charge in [-0.2, -0.15) is 0 Å². The number of benzene rings is 1. The van der Waals surface area contributed by atoms with Crippen molar-refractivity contribution in [3.63, 3.8) is 0 Å². The number of fused-ring (bicyclic) bond motifs is 1. The molecule has 0 fully saturated rings. The van der Waals surface area contributed by atoms with Crippen molar-refractivity contribution in [2.45, 2.75) is 45.1 Å². The van der Waals surface area contributed by atoms with E-state index in [1.54, 1.807) is 7.11 Å². The Morgan fingerprint density at radius 2 is 2.30 bits per heavy atom. The minimum Gasteiger partial charge on any atom is -0.497 e. The Hall–Kier alpha value is -1.06. The number of aliphatic hydroxyl groups excluding tert-OH is 1. The molecular formula is C17H27NO2. The quantitative estimate of drug-likeness (QED) is 0.753. The topological polar surface area (TPSA) is 41.5 Å². The summed E-state index contributed by atoms with van der Waals surface area (Å²) in [6.45, 7) is 3.41. The Balaban J connectivity index is 1.90. The highest BCUT2D eigenvalue weighted by atomic mass is 16.5. The van der Waals surface area contributed by atoms with E-state index in [-0.39, 0.29) is 0 Å². The number of rotatable bonds is 7. The van der Waals surface area contributed by atoms with E-state index in [0.29, 0.717) is 18.6 Å². The first kappa shape index (κ1) is 15.3. The lowest BCUT2D eigenvalue weighted by Crippen LogP contribution is -2.26. The molecule has 0 radical (unpaired) electrons. The fraction of sp³-hybridized carbons (Fsp3) is 0.647. The van der Waals surface area contributed by atoms with Gasteiger partial charge in [0.1, 0.15) is 5.75 Å². The number of methoxy groups -OCH3 is 1. The monoisotopic (exact) mass is 277 g/mol. The van der Waals surface area contributed by atoms with Crippen LogP contribution in [-0.2, 0) is 6.42 Å². The lowest BCUT2D eigenvalue weighted by atomic mass is 9.87. The molecule has 0 bridgehead atoms. The van der Waals surface area contributed by atoms with Crippen LogP contribution >= 0.6 is 0 Å². The first-order valence-corrected chi connectivity index (χ1v) is 7.75. The number of hydrogen-bond donors (Lipinski definition) is 2. The zero-order valence-electron chi connectivity index (χ0n) is 12.7. The number of aliphatic hydroxyl groups is 1. The van der Waals surface area contributed by atoms with E-state index in [4.69, 9.17) is 9.84 Å². The van der Waals surface area contributed by atoms with Crippen molar-refractivity contribution in [3.8, 4) is 5.75 Å². The molecule has 0 saturated carbocycles. The second-order valence-electron chi connectivity index (χ2n) is 5.89. The molecule has 1 aromatic carbocycles. The van der Waals surface area contributed by atoms with E-state index >= 15 is 0 Å². The Labute approximate surface area is 122 Å². The van der Waals surface area contributed by atoms with Gasteiger partial charge < -0.3 is 15.2 Å². The zero-order chi connectivity index (χ0) is 14.4. The van der Waals surface area contributed by atoms with Gasteiger partial charge in [0.15, 0.2) is 0 Å². The van der Waals surface area contributed by atoms with Crippen molar-refractivity contribution in [2.75, 3.05) is 20.3 Å². The number of ether oxygens (including phenoxy) is 1. The summed E-state index contributed by atoms with van der Waals surface area (Å²) in [5.74, 6) is 1.36. The Kier molecular flexibility index (Phi) is 5.86. The van der Waals surface area contributed by atoms with Crippen molar-refractivity contribution in [1.82, 2.24) is 5.32 Å². The highest BCUT2D eigenvalue weighted by molar-refractivity contribution is 5.39. The minimum absolute atomic E-state index is 0.295. The van der Waals surface area contributed by atoms with Crippen LogP contribution in [0.3, 0.4) is 0 Å². The van der Waals surface area contributed by atoms with Crippen LogP contribution in [0.4, 0.5) is 0 Å². The van der Waals surface area contributed by atoms with Gasteiger partial charge in [-0.15, -0.1) is 0 Å². The fourth-order valence-corrected chi connectivity index (χ4v) is 2.93. The predicted octanol–water partition coefficient (Wildman–Crippen LogP) is 3.07. The molecule has 2 unspecified atom stereocenters. The SMILES string of the molecule is COc1ccc2c(c1)C(NCCCC(C)CO)CCC2. The van der Waals surface area contributed by atoms with Crippen LogP contribution in [0.15, 0.2) is 18.2 Å². The lowest BCUT2D eigenvalue weighted by molar-refractivity contribution is 0.227. The molecule has 0 heterocycles. The average molecular weight is 277 g/mol. The van der Waals surface area contributed by atoms with Crippen LogP contribution in [0, 0.1) is 5.92 Å². The van der Waals surface area contributed by atoms with Gasteiger partial charge in [0.2, 0.25) is 0 Å². The van der Waals surface area contributed by atoms with Gasteiger partial charge in [0, 0.05) is 12.6 Å². The molecule has 20 heavy (non-hydrogen) atoms. The summed E-state index contributed by atoms with van der Waals surface area (Å²) >= 11 is 0. The molecule has 1 aliphatic rings. The highest BCUT2D eigenvalue weighted by Crippen LogP contribution is 2.32. The molecule has 1 aliphatic carbocycles. The Bertz CT molecular complexity index is 419. The van der Waals surface area contributed by atoms with Crippen LogP contribution in [0.2, 0.25) is 0 Å². The summed E-state index contributed by atoms with van der Waals surface area (Å²) in [6, 6.07) is 6.90. The van der Waals surface area contributed by atoms with Gasteiger partial charge in [-0.1, -0.05) is 13.0 Å². The number of hydrogen-bond acceptors (Lipinski definition) is 3. The summed E-state index contributed by atoms with van der Waals surface area (Å²) in [5, 5.41) is 12.7. The molecule has 112 valence electrons. The van der Waals surface area contributed by atoms with Gasteiger partial charge in [0.05, 0.1) is 7.11 Å². The summed E-state index contributed by atoms with van der Waals surface area (Å²) < 4.78 is 5.34. The smallest absolute Gasteiger partial charge is 0.119 e. The van der Waals surface area contributed by atoms with Gasteiger partial charge in [-0.3, -0.25) is 0 Å². The second kappa shape index (κ2) is 7.65. The van der Waals surface area contributed by atoms with Crippen molar-refractivity contribution in [2.24, 2.45) is 5.92 Å². The molecule has 2 rings (SSSR count). The maximum Gasteiger partial charge on any atom is 0.119 e. The third-order valence-corrected chi connectivity index (χ3v) is 4.24. The maximum absolute atomic E-state index is 9.04. The Morgan fingerprint density at radius 3 is 3.05 bits per heavy atom. The van der Waals surface area contributed by atoms with Gasteiger partial charge in [-0.25, -0.2) is 0 Å². The minimum atomic E-state index is 0.295. The molecule has 3 nitrogen and oxygen atoms in total. The number of nitrogens with one attached hydrogen (secondary N) is 1. The van der Waals surface area contributed by atoms with Crippen LogP contribution in [0.5, 0.6) is 5.75 Å². The molecule has 0 aliphatic heterocycles. The predicted molar refractivity (Wildman–Crippen MR) is 82.2 cm³/mol. The van der Waals surface area contributed by atoms with Crippen molar-refractivity contribution < 1.29 is 9.84 Å². The van der Waals surface area contributed by atoms with Gasteiger partial charge in [0.25, 0.3) is 0 Å². The van der Waals surface area contributed by atoms with Crippen LogP contribution in [-0.4, -0.2) is 25.4 Å². The molecule has 0 aromatic heterocycles. The van der Waals surface area contributed by atoms with Crippen LogP contribution in [0.1, 0.15) is 49.8 Å². The standard InChI is InChI=1S/C17H27NO2/c1-13(12-19)5-4-10-18-17-7-3-6-14-8-9-15(20-2)11-16(14)17/h8-9,11,13,17-19H,3-7,10,12H2,1-2H3. The van der Waals surface area contributed by atoms with Crippen molar-refractivity contribution in [1.29, 1.82) is 0 Å². The highest BCUT2D eigenvalue weighted by Gasteiger charge is 2.20. The summed E-state index contributed by atoms with van der Waals surface area (Å²) in [5.41, 5.74) is 2.86. The first-order chi connectivity index (χ1) is 9.74. The zero-order valence-corrected chi connectivity index (χ0v) is 12.7. The normalized spacial score (nSPS) is 19.4. The van der Waals surface area contributed by atoms with E-state index in [1.807, 2.05) is 0 Å². The largest absolute Gasteiger partial charge is 0.497 e. The second-order valence-corrected chi connectivity index (χ2v) is 5.89. The molecule has 0 spiro atoms. The fourth-order valence-electron chi connectivity index (χ4n) is 2.93. The summed E-state index contributed by atoms with van der Waals surface area (Å²) in [4.78, 5) is 0. The molecule has 0 amide bonds. The molecule has 2 N–H and O–H groups in total. The molecule has 1 aromatic rings. The van der Waals surface area contributed by atoms with Gasteiger partial charge in [-0.05, 0) is 67.8 Å². The summed E-state index contributed by atoms with van der Waals surface area (Å²) in [7, 11) is 1.73. The third kappa shape index (κ3) is 3.97. The van der Waals surface area contributed by atoms with Crippen LogP contribution in [0.25, 0.3) is 0 Å². The van der Waals surface area contributed by atoms with E-state index in [9.17, 15) is 0 Å². The average Bonchev–Trinajstić information content (AvgIpc) is 2.50. The Morgan fingerprint density at radius 1 is 1.45 bits per heavy atom. The third-order valence-electron chi connectivity index (χ3n) is 4.24. The molecule has 3 heteroatoms. The molecule has 2 atom stereocenters.